The number of aryl methyl sites for hydroxylation is 1. The van der Waals surface area contributed by atoms with Crippen LogP contribution >= 0.6 is 24.0 Å². The molecule has 1 aromatic carbocycles. The lowest BCUT2D eigenvalue weighted by Gasteiger charge is -2.10. The summed E-state index contributed by atoms with van der Waals surface area (Å²) >= 11 is 0. The minimum Gasteiger partial charge on any atom is -0.357 e. The Morgan fingerprint density at radius 1 is 1.33 bits per heavy atom. The Labute approximate surface area is 143 Å². The van der Waals surface area contributed by atoms with Gasteiger partial charge in [-0.05, 0) is 19.4 Å². The molecule has 0 aliphatic heterocycles. The van der Waals surface area contributed by atoms with E-state index in [-0.39, 0.29) is 36.3 Å². The molecule has 1 rings (SSSR count). The number of sulfonamides is 1. The number of benzene rings is 1. The number of hydrogen-bond donors (Lipinski definition) is 3. The highest BCUT2D eigenvalue weighted by atomic mass is 127. The first-order valence-electron chi connectivity index (χ1n) is 6.49. The Balaban J connectivity index is 0.00000400. The molecular formula is C13H23IN4O2S. The monoisotopic (exact) mass is 426 g/mol. The molecule has 0 aliphatic carbocycles. The second kappa shape index (κ2) is 9.96. The molecule has 120 valence electrons. The first-order chi connectivity index (χ1) is 9.40. The van der Waals surface area contributed by atoms with Gasteiger partial charge < -0.3 is 10.6 Å². The molecule has 0 amide bonds. The molecule has 0 atom stereocenters. The minimum atomic E-state index is -3.45. The van der Waals surface area contributed by atoms with Crippen LogP contribution in [0.2, 0.25) is 0 Å². The van der Waals surface area contributed by atoms with Gasteiger partial charge in [-0.1, -0.05) is 29.8 Å². The predicted octanol–water partition coefficient (Wildman–Crippen LogP) is 0.957. The van der Waals surface area contributed by atoms with Gasteiger partial charge >= 0.3 is 0 Å². The quantitative estimate of drug-likeness (QED) is 0.359. The number of guanidine groups is 1. The highest BCUT2D eigenvalue weighted by Crippen LogP contribution is 2.04. The van der Waals surface area contributed by atoms with E-state index in [2.05, 4.69) is 21.7 Å². The molecule has 21 heavy (non-hydrogen) atoms. The molecule has 8 heteroatoms. The van der Waals surface area contributed by atoms with Crippen LogP contribution in [0, 0.1) is 6.92 Å². The third-order valence-electron chi connectivity index (χ3n) is 2.53. The number of nitrogens with one attached hydrogen (secondary N) is 2. The van der Waals surface area contributed by atoms with E-state index in [1.807, 2.05) is 32.0 Å². The fourth-order valence-electron chi connectivity index (χ4n) is 1.63. The van der Waals surface area contributed by atoms with E-state index in [9.17, 15) is 8.42 Å². The van der Waals surface area contributed by atoms with E-state index in [0.29, 0.717) is 19.0 Å². The Morgan fingerprint density at radius 3 is 2.62 bits per heavy atom. The fraction of sp³-hybridized carbons (Fsp3) is 0.462. The number of nitrogens with two attached hydrogens (primary N) is 1. The van der Waals surface area contributed by atoms with Crippen LogP contribution < -0.4 is 15.8 Å². The number of halogens is 1. The maximum atomic E-state index is 10.9. The lowest BCUT2D eigenvalue weighted by molar-refractivity contribution is 0.596. The second-order valence-electron chi connectivity index (χ2n) is 4.48. The van der Waals surface area contributed by atoms with E-state index in [1.54, 1.807) is 0 Å². The first-order valence-corrected chi connectivity index (χ1v) is 8.20. The van der Waals surface area contributed by atoms with E-state index in [0.717, 1.165) is 5.56 Å². The Bertz CT molecular complexity index is 561. The Morgan fingerprint density at radius 2 is 2.05 bits per heavy atom. The summed E-state index contributed by atoms with van der Waals surface area (Å²) in [5.74, 6) is 0.458. The zero-order chi connectivity index (χ0) is 15.0. The smallest absolute Gasteiger partial charge is 0.210 e. The fourth-order valence-corrected chi connectivity index (χ4v) is 2.02. The predicted molar refractivity (Wildman–Crippen MR) is 97.4 cm³/mol. The van der Waals surface area contributed by atoms with Crippen LogP contribution in [0.5, 0.6) is 0 Å². The summed E-state index contributed by atoms with van der Waals surface area (Å²) in [6, 6.07) is 8.09. The molecule has 6 nitrogen and oxygen atoms in total. The number of rotatable bonds is 6. The van der Waals surface area contributed by atoms with Gasteiger partial charge in [0.2, 0.25) is 10.0 Å². The summed E-state index contributed by atoms with van der Waals surface area (Å²) in [5.41, 5.74) is 2.29. The van der Waals surface area contributed by atoms with Crippen LogP contribution in [-0.2, 0) is 16.6 Å². The zero-order valence-corrected chi connectivity index (χ0v) is 15.4. The van der Waals surface area contributed by atoms with Gasteiger partial charge in [-0.2, -0.15) is 0 Å². The summed E-state index contributed by atoms with van der Waals surface area (Å²) in [5, 5.41) is 10.9. The molecule has 1 aromatic rings. The highest BCUT2D eigenvalue weighted by Gasteiger charge is 2.03. The standard InChI is InChI=1S/C13H22N4O2S.HI/c1-3-15-13(16-7-8-20(14,18)19)17-10-12-6-4-5-11(2)9-12;/h4-6,9H,3,7-8,10H2,1-2H3,(H2,14,18,19)(H2,15,16,17);1H. The van der Waals surface area contributed by atoms with Crippen LogP contribution in [0.25, 0.3) is 0 Å². The summed E-state index contributed by atoms with van der Waals surface area (Å²) in [4.78, 5) is 4.40. The Hall–Kier alpha value is -0.870. The summed E-state index contributed by atoms with van der Waals surface area (Å²) in [6.45, 7) is 5.45. The van der Waals surface area contributed by atoms with Crippen molar-refractivity contribution in [1.82, 2.24) is 10.6 Å². The van der Waals surface area contributed by atoms with Gasteiger partial charge in [-0.25, -0.2) is 18.5 Å². The molecule has 0 heterocycles. The topological polar surface area (TPSA) is 96.6 Å². The van der Waals surface area contributed by atoms with Gasteiger partial charge in [0, 0.05) is 13.1 Å². The molecule has 0 radical (unpaired) electrons. The van der Waals surface area contributed by atoms with Crippen molar-refractivity contribution in [2.45, 2.75) is 20.4 Å². The summed E-state index contributed by atoms with van der Waals surface area (Å²) < 4.78 is 21.7. The molecule has 4 N–H and O–H groups in total. The number of aliphatic imine (C=N–C) groups is 1. The van der Waals surface area contributed by atoms with Crippen molar-refractivity contribution in [3.63, 3.8) is 0 Å². The average molecular weight is 426 g/mol. The number of primary sulfonamides is 1. The van der Waals surface area contributed by atoms with Gasteiger partial charge in [-0.3, -0.25) is 0 Å². The van der Waals surface area contributed by atoms with Gasteiger partial charge in [-0.15, -0.1) is 24.0 Å². The summed E-state index contributed by atoms with van der Waals surface area (Å²) in [7, 11) is -3.45. The maximum absolute atomic E-state index is 10.9. The average Bonchev–Trinajstić information content (AvgIpc) is 2.34. The van der Waals surface area contributed by atoms with Gasteiger partial charge in [0.1, 0.15) is 0 Å². The molecule has 0 unspecified atom stereocenters. The van der Waals surface area contributed by atoms with Crippen LogP contribution in [-0.4, -0.2) is 33.2 Å². The molecular weight excluding hydrogens is 403 g/mol. The molecule has 0 saturated carbocycles. The molecule has 0 saturated heterocycles. The molecule has 0 fully saturated rings. The van der Waals surface area contributed by atoms with Gasteiger partial charge in [0.05, 0.1) is 12.3 Å². The SMILES string of the molecule is CCNC(=NCc1cccc(C)c1)NCCS(N)(=O)=O.I. The van der Waals surface area contributed by atoms with Crippen molar-refractivity contribution >= 4 is 40.0 Å². The first kappa shape index (κ1) is 20.1. The number of nitrogens with zero attached hydrogens (tertiary/aromatic N) is 1. The third-order valence-corrected chi connectivity index (χ3v) is 3.30. The third kappa shape index (κ3) is 9.64. The zero-order valence-electron chi connectivity index (χ0n) is 12.3. The minimum absolute atomic E-state index is 0. The van der Waals surface area contributed by atoms with Crippen LogP contribution in [0.1, 0.15) is 18.1 Å². The lowest BCUT2D eigenvalue weighted by Crippen LogP contribution is -2.40. The van der Waals surface area contributed by atoms with Crippen molar-refractivity contribution in [3.8, 4) is 0 Å². The van der Waals surface area contributed by atoms with E-state index >= 15 is 0 Å². The molecule has 0 spiro atoms. The lowest BCUT2D eigenvalue weighted by atomic mass is 10.1. The summed E-state index contributed by atoms with van der Waals surface area (Å²) in [6.07, 6.45) is 0. The van der Waals surface area contributed by atoms with Crippen LogP contribution in [0.4, 0.5) is 0 Å². The Kier molecular flexibility index (Phi) is 9.54. The van der Waals surface area contributed by atoms with E-state index in [4.69, 9.17) is 5.14 Å². The maximum Gasteiger partial charge on any atom is 0.210 e. The van der Waals surface area contributed by atoms with Crippen molar-refractivity contribution in [2.75, 3.05) is 18.8 Å². The number of hydrogen-bond acceptors (Lipinski definition) is 3. The van der Waals surface area contributed by atoms with Crippen LogP contribution in [0.3, 0.4) is 0 Å². The van der Waals surface area contributed by atoms with Crippen molar-refractivity contribution < 1.29 is 8.42 Å². The molecule has 0 bridgehead atoms. The normalized spacial score (nSPS) is 11.7. The van der Waals surface area contributed by atoms with Crippen molar-refractivity contribution in [3.05, 3.63) is 35.4 Å². The largest absolute Gasteiger partial charge is 0.357 e. The second-order valence-corrected chi connectivity index (χ2v) is 6.21. The van der Waals surface area contributed by atoms with E-state index < -0.39 is 10.0 Å². The highest BCUT2D eigenvalue weighted by molar-refractivity contribution is 14.0. The molecule has 0 aliphatic rings. The van der Waals surface area contributed by atoms with Gasteiger partial charge in [0.15, 0.2) is 5.96 Å². The van der Waals surface area contributed by atoms with Gasteiger partial charge in [0.25, 0.3) is 0 Å². The van der Waals surface area contributed by atoms with Crippen LogP contribution in [0.15, 0.2) is 29.3 Å². The van der Waals surface area contributed by atoms with E-state index in [1.165, 1.54) is 5.56 Å². The van der Waals surface area contributed by atoms with Crippen molar-refractivity contribution in [1.29, 1.82) is 0 Å². The molecule has 0 aromatic heterocycles. The van der Waals surface area contributed by atoms with Crippen molar-refractivity contribution in [2.24, 2.45) is 10.1 Å².